The lowest BCUT2D eigenvalue weighted by molar-refractivity contribution is -0.0615. The Morgan fingerprint density at radius 2 is 2.23 bits per heavy atom. The molecule has 1 aromatic carbocycles. The van der Waals surface area contributed by atoms with Crippen LogP contribution in [0, 0.1) is 0 Å². The van der Waals surface area contributed by atoms with E-state index in [0.29, 0.717) is 23.5 Å². The zero-order valence-corrected chi connectivity index (χ0v) is 12.8. The minimum absolute atomic E-state index is 0.0956. The third kappa shape index (κ3) is 3.01. The summed E-state index contributed by atoms with van der Waals surface area (Å²) in [6.45, 7) is 4.75. The Balaban J connectivity index is 1.78. The van der Waals surface area contributed by atoms with E-state index in [1.54, 1.807) is 18.2 Å². The highest BCUT2D eigenvalue weighted by molar-refractivity contribution is 5.99. The van der Waals surface area contributed by atoms with Crippen LogP contribution in [0.1, 0.15) is 37.0 Å². The van der Waals surface area contributed by atoms with Crippen molar-refractivity contribution in [2.75, 3.05) is 12.3 Å². The molecule has 1 amide bonds. The third-order valence-corrected chi connectivity index (χ3v) is 3.96. The van der Waals surface area contributed by atoms with E-state index in [1.807, 2.05) is 13.8 Å². The molecule has 3 rings (SSSR count). The van der Waals surface area contributed by atoms with E-state index in [-0.39, 0.29) is 17.6 Å². The first-order valence-corrected chi connectivity index (χ1v) is 7.40. The molecule has 1 atom stereocenters. The zero-order valence-electron chi connectivity index (χ0n) is 12.8. The second kappa shape index (κ2) is 5.53. The number of fused-ring (bicyclic) bond motifs is 1. The summed E-state index contributed by atoms with van der Waals surface area (Å²) in [5.41, 5.74) is 6.86. The van der Waals surface area contributed by atoms with E-state index < -0.39 is 0 Å². The van der Waals surface area contributed by atoms with Gasteiger partial charge in [-0.05, 0) is 44.9 Å². The summed E-state index contributed by atoms with van der Waals surface area (Å²) < 4.78 is 5.67. The van der Waals surface area contributed by atoms with Gasteiger partial charge in [-0.3, -0.25) is 4.79 Å². The monoisotopic (exact) mass is 300 g/mol. The van der Waals surface area contributed by atoms with Crippen LogP contribution in [0.5, 0.6) is 0 Å². The number of carbonyl (C=O) groups excluding carboxylic acids is 1. The number of anilines is 1. The van der Waals surface area contributed by atoms with Crippen LogP contribution in [0.25, 0.3) is 10.9 Å². The molecule has 2 heterocycles. The van der Waals surface area contributed by atoms with Crippen molar-refractivity contribution >= 4 is 22.6 Å². The molecule has 2 aromatic rings. The fraction of sp³-hybridized carbons (Fsp3) is 0.438. The van der Waals surface area contributed by atoms with Gasteiger partial charge in [-0.1, -0.05) is 0 Å². The predicted octanol–water partition coefficient (Wildman–Crippen LogP) is 1.90. The van der Waals surface area contributed by atoms with Crippen LogP contribution in [0.3, 0.4) is 0 Å². The van der Waals surface area contributed by atoms with Crippen molar-refractivity contribution in [2.24, 2.45) is 0 Å². The first-order valence-electron chi connectivity index (χ1n) is 7.40. The van der Waals surface area contributed by atoms with Crippen LogP contribution in [0.4, 0.5) is 5.82 Å². The Hall–Kier alpha value is -2.21. The molecule has 1 saturated heterocycles. The summed E-state index contributed by atoms with van der Waals surface area (Å²) in [6.07, 6.45) is 3.04. The van der Waals surface area contributed by atoms with Gasteiger partial charge in [-0.2, -0.15) is 0 Å². The quantitative estimate of drug-likeness (QED) is 0.884. The van der Waals surface area contributed by atoms with E-state index in [1.165, 1.54) is 6.33 Å². The number of hydrogen-bond acceptors (Lipinski definition) is 5. The third-order valence-electron chi connectivity index (χ3n) is 3.96. The summed E-state index contributed by atoms with van der Waals surface area (Å²) >= 11 is 0. The Morgan fingerprint density at radius 3 is 3.00 bits per heavy atom. The number of benzene rings is 1. The highest BCUT2D eigenvalue weighted by Crippen LogP contribution is 2.24. The van der Waals surface area contributed by atoms with Crippen LogP contribution >= 0.6 is 0 Å². The van der Waals surface area contributed by atoms with Gasteiger partial charge in [-0.25, -0.2) is 9.97 Å². The smallest absolute Gasteiger partial charge is 0.251 e. The van der Waals surface area contributed by atoms with Crippen LogP contribution in [-0.4, -0.2) is 34.1 Å². The first kappa shape index (κ1) is 14.7. The minimum Gasteiger partial charge on any atom is -0.383 e. The standard InChI is InChI=1S/C16H20N4O2/c1-16(2)8-11(5-6-22-16)20-15(21)10-3-4-12-13(7-10)18-9-19-14(12)17/h3-4,7,9,11H,5-6,8H2,1-2H3,(H,20,21)(H2,17,18,19)/t11-/m1/s1. The van der Waals surface area contributed by atoms with Crippen LogP contribution in [-0.2, 0) is 4.74 Å². The highest BCUT2D eigenvalue weighted by Gasteiger charge is 2.29. The Morgan fingerprint density at radius 1 is 1.41 bits per heavy atom. The number of aromatic nitrogens is 2. The molecule has 0 saturated carbocycles. The highest BCUT2D eigenvalue weighted by atomic mass is 16.5. The van der Waals surface area contributed by atoms with Gasteiger partial charge in [0.05, 0.1) is 11.1 Å². The number of nitrogens with zero attached hydrogens (tertiary/aromatic N) is 2. The van der Waals surface area contributed by atoms with Gasteiger partial charge in [0.2, 0.25) is 0 Å². The fourth-order valence-electron chi connectivity index (χ4n) is 2.84. The molecule has 1 aliphatic heterocycles. The van der Waals surface area contributed by atoms with Crippen molar-refractivity contribution in [2.45, 2.75) is 38.3 Å². The Labute approximate surface area is 129 Å². The number of carbonyl (C=O) groups is 1. The van der Waals surface area contributed by atoms with E-state index in [2.05, 4.69) is 15.3 Å². The lowest BCUT2D eigenvalue weighted by Gasteiger charge is -2.35. The molecule has 0 aliphatic carbocycles. The van der Waals surface area contributed by atoms with Gasteiger partial charge in [0.1, 0.15) is 12.1 Å². The molecular weight excluding hydrogens is 280 g/mol. The molecule has 1 aliphatic rings. The molecule has 1 aromatic heterocycles. The van der Waals surface area contributed by atoms with Gasteiger partial charge in [0.15, 0.2) is 0 Å². The number of rotatable bonds is 2. The number of ether oxygens (including phenoxy) is 1. The summed E-state index contributed by atoms with van der Waals surface area (Å²) in [7, 11) is 0. The van der Waals surface area contributed by atoms with Gasteiger partial charge >= 0.3 is 0 Å². The van der Waals surface area contributed by atoms with Crippen molar-refractivity contribution in [1.82, 2.24) is 15.3 Å². The number of nitrogen functional groups attached to an aromatic ring is 1. The molecule has 0 spiro atoms. The molecule has 6 nitrogen and oxygen atoms in total. The zero-order chi connectivity index (χ0) is 15.7. The van der Waals surface area contributed by atoms with Crippen molar-refractivity contribution < 1.29 is 9.53 Å². The topological polar surface area (TPSA) is 90.1 Å². The summed E-state index contributed by atoms with van der Waals surface area (Å²) in [5.74, 6) is 0.324. The fourth-order valence-corrected chi connectivity index (χ4v) is 2.84. The number of nitrogens with two attached hydrogens (primary N) is 1. The molecule has 0 unspecified atom stereocenters. The Bertz CT molecular complexity index is 714. The van der Waals surface area contributed by atoms with Crippen molar-refractivity contribution in [1.29, 1.82) is 0 Å². The minimum atomic E-state index is -0.193. The predicted molar refractivity (Wildman–Crippen MR) is 84.5 cm³/mol. The normalized spacial score (nSPS) is 20.7. The average Bonchev–Trinajstić information content (AvgIpc) is 2.46. The maximum Gasteiger partial charge on any atom is 0.251 e. The second-order valence-electron chi connectivity index (χ2n) is 6.26. The van der Waals surface area contributed by atoms with Crippen molar-refractivity contribution in [3.8, 4) is 0 Å². The summed E-state index contributed by atoms with van der Waals surface area (Å²) in [6, 6.07) is 5.41. The van der Waals surface area contributed by atoms with E-state index in [0.717, 1.165) is 18.2 Å². The lowest BCUT2D eigenvalue weighted by atomic mass is 9.93. The van der Waals surface area contributed by atoms with Crippen molar-refractivity contribution in [3.63, 3.8) is 0 Å². The van der Waals surface area contributed by atoms with Crippen LogP contribution in [0.2, 0.25) is 0 Å². The second-order valence-corrected chi connectivity index (χ2v) is 6.26. The maximum atomic E-state index is 12.4. The number of amides is 1. The SMILES string of the molecule is CC1(C)C[C@H](NC(=O)c2ccc3c(N)ncnc3c2)CCO1. The summed E-state index contributed by atoms with van der Waals surface area (Å²) in [4.78, 5) is 20.5. The lowest BCUT2D eigenvalue weighted by Crippen LogP contribution is -2.45. The number of hydrogen-bond donors (Lipinski definition) is 2. The largest absolute Gasteiger partial charge is 0.383 e. The van der Waals surface area contributed by atoms with Gasteiger partial charge in [0, 0.05) is 23.6 Å². The molecule has 1 fully saturated rings. The molecular formula is C16H20N4O2. The molecule has 22 heavy (non-hydrogen) atoms. The molecule has 3 N–H and O–H groups in total. The number of nitrogens with one attached hydrogen (secondary N) is 1. The van der Waals surface area contributed by atoms with Gasteiger partial charge in [-0.15, -0.1) is 0 Å². The summed E-state index contributed by atoms with van der Waals surface area (Å²) in [5, 5.41) is 3.83. The van der Waals surface area contributed by atoms with E-state index >= 15 is 0 Å². The molecule has 0 radical (unpaired) electrons. The van der Waals surface area contributed by atoms with E-state index in [4.69, 9.17) is 10.5 Å². The van der Waals surface area contributed by atoms with Crippen molar-refractivity contribution in [3.05, 3.63) is 30.1 Å². The van der Waals surface area contributed by atoms with Gasteiger partial charge in [0.25, 0.3) is 5.91 Å². The molecule has 0 bridgehead atoms. The van der Waals surface area contributed by atoms with Crippen LogP contribution in [0.15, 0.2) is 24.5 Å². The first-order chi connectivity index (χ1) is 10.4. The van der Waals surface area contributed by atoms with Crippen LogP contribution < -0.4 is 11.1 Å². The van der Waals surface area contributed by atoms with Gasteiger partial charge < -0.3 is 15.8 Å². The maximum absolute atomic E-state index is 12.4. The Kier molecular flexibility index (Phi) is 3.70. The average molecular weight is 300 g/mol. The van der Waals surface area contributed by atoms with E-state index in [9.17, 15) is 4.79 Å². The molecule has 6 heteroatoms. The molecule has 116 valence electrons.